The van der Waals surface area contributed by atoms with Gasteiger partial charge in [0, 0.05) is 12.6 Å². The molecule has 4 bridgehead atoms. The van der Waals surface area contributed by atoms with Gasteiger partial charge in [-0.1, -0.05) is 6.58 Å². The number of amides is 1. The Morgan fingerprint density at radius 1 is 1.19 bits per heavy atom. The van der Waals surface area contributed by atoms with Crippen LogP contribution in [0.25, 0.3) is 0 Å². The average Bonchev–Trinajstić information content (AvgIpc) is 2.25. The van der Waals surface area contributed by atoms with Gasteiger partial charge < -0.3 is 4.90 Å². The Hall–Kier alpha value is -0.790. The summed E-state index contributed by atoms with van der Waals surface area (Å²) in [4.78, 5) is 13.8. The number of carbonyl (C=O) groups excluding carboxylic acids is 1. The van der Waals surface area contributed by atoms with E-state index in [0.29, 0.717) is 0 Å². The van der Waals surface area contributed by atoms with Crippen LogP contribution in [0.2, 0.25) is 0 Å². The highest BCUT2D eigenvalue weighted by Crippen LogP contribution is 2.57. The summed E-state index contributed by atoms with van der Waals surface area (Å²) in [6, 6.07) is 0. The van der Waals surface area contributed by atoms with Crippen LogP contribution in [0, 0.1) is 17.8 Å². The van der Waals surface area contributed by atoms with E-state index in [1.165, 1.54) is 44.6 Å². The van der Waals surface area contributed by atoms with Gasteiger partial charge in [0.15, 0.2) is 0 Å². The summed E-state index contributed by atoms with van der Waals surface area (Å²) in [6.07, 6.45) is 9.48. The van der Waals surface area contributed by atoms with E-state index in [9.17, 15) is 4.79 Å². The van der Waals surface area contributed by atoms with Crippen LogP contribution >= 0.6 is 0 Å². The molecule has 0 aromatic carbocycles. The first kappa shape index (κ1) is 10.4. The molecular weight excluding hydrogens is 198 g/mol. The van der Waals surface area contributed by atoms with E-state index in [-0.39, 0.29) is 11.4 Å². The number of nitrogens with zero attached hydrogens (tertiary/aromatic N) is 1. The predicted molar refractivity (Wildman–Crippen MR) is 63.9 cm³/mol. The molecule has 0 N–H and O–H groups in total. The van der Waals surface area contributed by atoms with Crippen molar-refractivity contribution in [2.75, 3.05) is 7.05 Å². The Bertz CT molecular complexity index is 298. The fraction of sp³-hybridized carbons (Fsp3) is 0.786. The van der Waals surface area contributed by atoms with E-state index in [1.54, 1.807) is 0 Å². The predicted octanol–water partition coefficient (Wildman–Crippen LogP) is 2.60. The van der Waals surface area contributed by atoms with Crippen molar-refractivity contribution in [1.82, 2.24) is 4.90 Å². The minimum atomic E-state index is 0.113. The van der Waals surface area contributed by atoms with Crippen molar-refractivity contribution in [3.05, 3.63) is 12.7 Å². The summed E-state index contributed by atoms with van der Waals surface area (Å²) < 4.78 is 0. The molecule has 0 aromatic heterocycles. The molecule has 16 heavy (non-hydrogen) atoms. The van der Waals surface area contributed by atoms with E-state index >= 15 is 0 Å². The summed E-state index contributed by atoms with van der Waals surface area (Å²) in [6.45, 7) is 3.62. The van der Waals surface area contributed by atoms with Gasteiger partial charge >= 0.3 is 0 Å². The van der Waals surface area contributed by atoms with Gasteiger partial charge in [0.05, 0.1) is 0 Å². The van der Waals surface area contributed by atoms with Crippen LogP contribution in [0.4, 0.5) is 0 Å². The number of hydrogen-bond acceptors (Lipinski definition) is 1. The summed E-state index contributed by atoms with van der Waals surface area (Å²) in [5.74, 6) is 2.80. The van der Waals surface area contributed by atoms with Crippen molar-refractivity contribution in [1.29, 1.82) is 0 Å². The topological polar surface area (TPSA) is 20.3 Å². The summed E-state index contributed by atoms with van der Waals surface area (Å²) in [5.41, 5.74) is 0.194. The lowest BCUT2D eigenvalue weighted by Crippen LogP contribution is -2.60. The third-order valence-electron chi connectivity index (χ3n) is 5.22. The average molecular weight is 219 g/mol. The van der Waals surface area contributed by atoms with Crippen LogP contribution in [0.3, 0.4) is 0 Å². The molecule has 4 rings (SSSR count). The maximum atomic E-state index is 11.8. The molecule has 0 aromatic rings. The number of hydrogen-bond donors (Lipinski definition) is 0. The highest BCUT2D eigenvalue weighted by molar-refractivity contribution is 5.87. The second-order valence-corrected chi connectivity index (χ2v) is 6.24. The van der Waals surface area contributed by atoms with Gasteiger partial charge in [-0.2, -0.15) is 0 Å². The lowest BCUT2D eigenvalue weighted by Gasteiger charge is -2.59. The maximum absolute atomic E-state index is 11.8. The Kier molecular flexibility index (Phi) is 2.17. The number of carbonyl (C=O) groups is 1. The Morgan fingerprint density at radius 2 is 1.62 bits per heavy atom. The molecule has 0 radical (unpaired) electrons. The molecule has 4 aliphatic rings. The lowest BCUT2D eigenvalue weighted by molar-refractivity contribution is -0.142. The van der Waals surface area contributed by atoms with Crippen molar-refractivity contribution in [2.45, 2.75) is 44.1 Å². The molecule has 4 fully saturated rings. The first-order valence-corrected chi connectivity index (χ1v) is 6.53. The summed E-state index contributed by atoms with van der Waals surface area (Å²) >= 11 is 0. The molecule has 88 valence electrons. The molecular formula is C14H21NO. The molecule has 0 spiro atoms. The molecule has 2 nitrogen and oxygen atoms in total. The van der Waals surface area contributed by atoms with Crippen molar-refractivity contribution in [2.24, 2.45) is 17.8 Å². The first-order chi connectivity index (χ1) is 7.63. The summed E-state index contributed by atoms with van der Waals surface area (Å²) in [7, 11) is 1.98. The van der Waals surface area contributed by atoms with E-state index in [1.807, 2.05) is 11.9 Å². The second-order valence-electron chi connectivity index (χ2n) is 6.24. The van der Waals surface area contributed by atoms with E-state index < -0.39 is 0 Å². The van der Waals surface area contributed by atoms with Gasteiger partial charge in [-0.3, -0.25) is 4.79 Å². The highest BCUT2D eigenvalue weighted by Gasteiger charge is 2.53. The minimum Gasteiger partial charge on any atom is -0.337 e. The minimum absolute atomic E-state index is 0.113. The lowest BCUT2D eigenvalue weighted by atomic mass is 9.52. The van der Waals surface area contributed by atoms with Crippen LogP contribution < -0.4 is 0 Å². The van der Waals surface area contributed by atoms with Crippen molar-refractivity contribution in [3.8, 4) is 0 Å². The second kappa shape index (κ2) is 3.35. The molecule has 4 aliphatic carbocycles. The van der Waals surface area contributed by atoms with Crippen molar-refractivity contribution < 1.29 is 4.79 Å². The Labute approximate surface area is 97.7 Å². The van der Waals surface area contributed by atoms with Crippen LogP contribution in [0.5, 0.6) is 0 Å². The molecule has 0 saturated heterocycles. The first-order valence-electron chi connectivity index (χ1n) is 6.53. The van der Waals surface area contributed by atoms with Gasteiger partial charge in [0.1, 0.15) is 0 Å². The molecule has 0 aliphatic heterocycles. The number of rotatable bonds is 2. The normalized spacial score (nSPS) is 44.4. The monoisotopic (exact) mass is 219 g/mol. The fourth-order valence-electron chi connectivity index (χ4n) is 4.85. The van der Waals surface area contributed by atoms with Crippen LogP contribution in [0.1, 0.15) is 38.5 Å². The SMILES string of the molecule is C=CC(=O)N(C)C12CC3CC(CC(C3)C1)C2. The van der Waals surface area contributed by atoms with E-state index in [0.717, 1.165) is 17.8 Å². The zero-order chi connectivity index (χ0) is 11.3. The molecule has 0 heterocycles. The summed E-state index contributed by atoms with van der Waals surface area (Å²) in [5, 5.41) is 0. The molecule has 0 unspecified atom stereocenters. The highest BCUT2D eigenvalue weighted by atomic mass is 16.2. The zero-order valence-electron chi connectivity index (χ0n) is 10.1. The largest absolute Gasteiger partial charge is 0.337 e. The quantitative estimate of drug-likeness (QED) is 0.654. The Balaban J connectivity index is 1.88. The van der Waals surface area contributed by atoms with Crippen LogP contribution in [-0.4, -0.2) is 23.4 Å². The fourth-order valence-corrected chi connectivity index (χ4v) is 4.85. The molecule has 0 atom stereocenters. The third kappa shape index (κ3) is 1.35. The molecule has 2 heteroatoms. The van der Waals surface area contributed by atoms with Gasteiger partial charge in [0.2, 0.25) is 5.91 Å². The standard InChI is InChI=1S/C14H21NO/c1-3-13(16)15(2)14-7-10-4-11(8-14)6-12(5-10)9-14/h3,10-12H,1,4-9H2,2H3. The van der Waals surface area contributed by atoms with Gasteiger partial charge in [-0.15, -0.1) is 0 Å². The van der Waals surface area contributed by atoms with Crippen molar-refractivity contribution >= 4 is 5.91 Å². The van der Waals surface area contributed by atoms with Gasteiger partial charge in [-0.25, -0.2) is 0 Å². The maximum Gasteiger partial charge on any atom is 0.246 e. The van der Waals surface area contributed by atoms with Gasteiger partial charge in [0.25, 0.3) is 0 Å². The van der Waals surface area contributed by atoms with Crippen molar-refractivity contribution in [3.63, 3.8) is 0 Å². The third-order valence-corrected chi connectivity index (χ3v) is 5.22. The zero-order valence-corrected chi connectivity index (χ0v) is 10.1. The Morgan fingerprint density at radius 3 is 2.00 bits per heavy atom. The molecule has 4 saturated carbocycles. The van der Waals surface area contributed by atoms with E-state index in [2.05, 4.69) is 6.58 Å². The van der Waals surface area contributed by atoms with Crippen LogP contribution in [-0.2, 0) is 4.79 Å². The smallest absolute Gasteiger partial charge is 0.246 e. The van der Waals surface area contributed by atoms with Gasteiger partial charge in [-0.05, 0) is 62.4 Å². The van der Waals surface area contributed by atoms with Crippen LogP contribution in [0.15, 0.2) is 12.7 Å². The number of likely N-dealkylation sites (N-methyl/N-ethyl adjacent to an activating group) is 1. The van der Waals surface area contributed by atoms with E-state index in [4.69, 9.17) is 0 Å². The molecule has 1 amide bonds.